The lowest BCUT2D eigenvalue weighted by Crippen LogP contribution is -2.39. The number of nitrogens with one attached hydrogen (secondary N) is 1. The lowest BCUT2D eigenvalue weighted by Gasteiger charge is -2.25. The summed E-state index contributed by atoms with van der Waals surface area (Å²) in [5.41, 5.74) is 1.72. The zero-order chi connectivity index (χ0) is 15.1. The van der Waals surface area contributed by atoms with Gasteiger partial charge in [0.05, 0.1) is 10.9 Å². The molecule has 1 aliphatic carbocycles. The van der Waals surface area contributed by atoms with Crippen molar-refractivity contribution < 1.29 is 13.5 Å². The van der Waals surface area contributed by atoms with E-state index in [1.165, 1.54) is 12.1 Å². The van der Waals surface area contributed by atoms with Gasteiger partial charge < -0.3 is 5.11 Å². The Morgan fingerprint density at radius 3 is 2.43 bits per heavy atom. The largest absolute Gasteiger partial charge is 0.376 e. The van der Waals surface area contributed by atoms with E-state index in [-0.39, 0.29) is 4.90 Å². The van der Waals surface area contributed by atoms with Gasteiger partial charge in [0.15, 0.2) is 0 Å². The highest BCUT2D eigenvalue weighted by Crippen LogP contribution is 2.43. The Morgan fingerprint density at radius 2 is 1.71 bits per heavy atom. The lowest BCUT2D eigenvalue weighted by molar-refractivity contribution is 0.122. The quantitative estimate of drug-likeness (QED) is 0.818. The molecule has 21 heavy (non-hydrogen) atoms. The minimum atomic E-state index is -3.70. The fraction of sp³-hybridized carbons (Fsp3) is 0.200. The molecule has 2 aromatic carbocycles. The third kappa shape index (κ3) is 2.76. The number of alkyl halides is 1. The third-order valence-electron chi connectivity index (χ3n) is 3.57. The topological polar surface area (TPSA) is 66.4 Å². The summed E-state index contributed by atoms with van der Waals surface area (Å²) in [5.74, 6) is 0. The van der Waals surface area contributed by atoms with Gasteiger partial charge in [0.25, 0.3) is 0 Å². The van der Waals surface area contributed by atoms with Gasteiger partial charge in [-0.15, -0.1) is 0 Å². The number of aliphatic hydroxyl groups is 1. The molecule has 4 nitrogen and oxygen atoms in total. The molecule has 2 aromatic rings. The molecule has 0 spiro atoms. The second kappa shape index (κ2) is 5.21. The van der Waals surface area contributed by atoms with Crippen LogP contribution in [-0.4, -0.2) is 18.0 Å². The monoisotopic (exact) mass is 367 g/mol. The van der Waals surface area contributed by atoms with Crippen LogP contribution in [0.5, 0.6) is 0 Å². The summed E-state index contributed by atoms with van der Waals surface area (Å²) in [6.07, 6.45) is 0.352. The predicted molar refractivity (Wildman–Crippen MR) is 83.5 cm³/mol. The van der Waals surface area contributed by atoms with E-state index in [2.05, 4.69) is 20.7 Å². The Labute approximate surface area is 132 Å². The maximum Gasteiger partial charge on any atom is 0.241 e. The van der Waals surface area contributed by atoms with Crippen LogP contribution in [0.25, 0.3) is 0 Å². The average molecular weight is 368 g/mol. The molecule has 0 radical (unpaired) electrons. The number of hydrogen-bond acceptors (Lipinski definition) is 3. The van der Waals surface area contributed by atoms with Crippen molar-refractivity contribution >= 4 is 26.0 Å². The van der Waals surface area contributed by atoms with E-state index in [1.54, 1.807) is 18.2 Å². The number of hydrogen-bond donors (Lipinski definition) is 2. The number of sulfonamides is 1. The molecule has 0 fully saturated rings. The van der Waals surface area contributed by atoms with Crippen molar-refractivity contribution in [2.45, 2.75) is 21.9 Å². The highest BCUT2D eigenvalue weighted by Gasteiger charge is 2.44. The minimum absolute atomic E-state index is 0.178. The number of rotatable bonds is 3. The smallest absolute Gasteiger partial charge is 0.241 e. The van der Waals surface area contributed by atoms with Gasteiger partial charge in [-0.05, 0) is 23.3 Å². The molecule has 0 saturated carbocycles. The van der Waals surface area contributed by atoms with Gasteiger partial charge in [-0.2, -0.15) is 4.72 Å². The van der Waals surface area contributed by atoms with E-state index in [1.807, 2.05) is 24.3 Å². The van der Waals surface area contributed by atoms with Crippen molar-refractivity contribution in [3.63, 3.8) is 0 Å². The van der Waals surface area contributed by atoms with Crippen LogP contribution >= 0.6 is 15.9 Å². The average Bonchev–Trinajstić information content (AvgIpc) is 2.70. The molecule has 0 unspecified atom stereocenters. The van der Waals surface area contributed by atoms with Crippen LogP contribution in [0.3, 0.4) is 0 Å². The normalized spacial score (nSPS) is 24.8. The molecule has 2 N–H and O–H groups in total. The van der Waals surface area contributed by atoms with E-state index in [0.717, 1.165) is 11.1 Å². The van der Waals surface area contributed by atoms with Crippen molar-refractivity contribution in [2.24, 2.45) is 0 Å². The summed E-state index contributed by atoms with van der Waals surface area (Å²) < 4.78 is 26.2. The molecule has 0 heterocycles. The van der Waals surface area contributed by atoms with Gasteiger partial charge in [0, 0.05) is 6.42 Å². The Balaban J connectivity index is 1.98. The zero-order valence-electron chi connectivity index (χ0n) is 11.0. The highest BCUT2D eigenvalue weighted by atomic mass is 79.9. The predicted octanol–water partition coefficient (Wildman–Crippen LogP) is 2.35. The van der Waals surface area contributed by atoms with Crippen LogP contribution in [0.15, 0.2) is 59.5 Å². The van der Waals surface area contributed by atoms with Crippen molar-refractivity contribution in [3.05, 3.63) is 65.7 Å². The second-order valence-electron chi connectivity index (χ2n) is 5.06. The maximum atomic E-state index is 12.4. The summed E-state index contributed by atoms with van der Waals surface area (Å²) in [6.45, 7) is 0. The first-order valence-electron chi connectivity index (χ1n) is 6.47. The highest BCUT2D eigenvalue weighted by molar-refractivity contribution is 9.10. The third-order valence-corrected chi connectivity index (χ3v) is 5.75. The van der Waals surface area contributed by atoms with Gasteiger partial charge in [0.1, 0.15) is 4.51 Å². The number of fused-ring (bicyclic) bond motifs is 1. The van der Waals surface area contributed by atoms with Crippen LogP contribution in [-0.2, 0) is 16.4 Å². The summed E-state index contributed by atoms with van der Waals surface area (Å²) in [4.78, 5) is 0.178. The molecule has 110 valence electrons. The van der Waals surface area contributed by atoms with E-state index in [9.17, 15) is 13.5 Å². The van der Waals surface area contributed by atoms with Gasteiger partial charge >= 0.3 is 0 Å². The van der Waals surface area contributed by atoms with E-state index < -0.39 is 20.6 Å². The molecule has 1 aliphatic rings. The first-order valence-corrected chi connectivity index (χ1v) is 8.74. The van der Waals surface area contributed by atoms with Crippen LogP contribution in [0.4, 0.5) is 0 Å². The first kappa shape index (κ1) is 14.7. The van der Waals surface area contributed by atoms with E-state index in [0.29, 0.717) is 6.42 Å². The Morgan fingerprint density at radius 1 is 1.10 bits per heavy atom. The molecular formula is C15H14BrNO3S. The van der Waals surface area contributed by atoms with Crippen molar-refractivity contribution in [2.75, 3.05) is 0 Å². The summed E-state index contributed by atoms with van der Waals surface area (Å²) in [7, 11) is -3.70. The van der Waals surface area contributed by atoms with Crippen LogP contribution in [0.1, 0.15) is 17.2 Å². The van der Waals surface area contributed by atoms with Crippen LogP contribution in [0.2, 0.25) is 0 Å². The van der Waals surface area contributed by atoms with E-state index >= 15 is 0 Å². The van der Waals surface area contributed by atoms with Crippen LogP contribution < -0.4 is 4.72 Å². The molecule has 3 rings (SSSR count). The SMILES string of the molecule is O=S(=O)(N[C@@H]1c2ccccc2C[C@@]1(O)Br)c1ccccc1. The first-order chi connectivity index (χ1) is 9.90. The fourth-order valence-electron chi connectivity index (χ4n) is 2.56. The zero-order valence-corrected chi connectivity index (χ0v) is 13.4. The van der Waals surface area contributed by atoms with Crippen molar-refractivity contribution in [1.82, 2.24) is 4.72 Å². The molecule has 0 bridgehead atoms. The molecular weight excluding hydrogens is 354 g/mol. The van der Waals surface area contributed by atoms with Crippen LogP contribution in [0, 0.1) is 0 Å². The molecule has 0 saturated heterocycles. The van der Waals surface area contributed by atoms with Gasteiger partial charge in [-0.3, -0.25) is 0 Å². The molecule has 0 aromatic heterocycles. The molecule has 0 aliphatic heterocycles. The van der Waals surface area contributed by atoms with Crippen molar-refractivity contribution in [3.8, 4) is 0 Å². The van der Waals surface area contributed by atoms with Gasteiger partial charge in [-0.25, -0.2) is 8.42 Å². The maximum absolute atomic E-state index is 12.4. The Bertz CT molecular complexity index is 759. The summed E-state index contributed by atoms with van der Waals surface area (Å²) in [6, 6.07) is 14.8. The Kier molecular flexibility index (Phi) is 3.65. The fourth-order valence-corrected chi connectivity index (χ4v) is 4.66. The van der Waals surface area contributed by atoms with Gasteiger partial charge in [0.2, 0.25) is 10.0 Å². The number of halogens is 1. The molecule has 0 amide bonds. The van der Waals surface area contributed by atoms with E-state index in [4.69, 9.17) is 0 Å². The molecule has 2 atom stereocenters. The standard InChI is InChI=1S/C15H14BrNO3S/c16-15(18)10-11-6-4-5-9-13(11)14(15)17-21(19,20)12-7-2-1-3-8-12/h1-9,14,17-18H,10H2/t14-,15+/m1/s1. The minimum Gasteiger partial charge on any atom is -0.376 e. The molecule has 6 heteroatoms. The summed E-state index contributed by atoms with van der Waals surface area (Å²) >= 11 is 3.24. The Hall–Kier alpha value is -1.21. The van der Waals surface area contributed by atoms with Crippen molar-refractivity contribution in [1.29, 1.82) is 0 Å². The van der Waals surface area contributed by atoms with Gasteiger partial charge in [-0.1, -0.05) is 58.4 Å². The number of benzene rings is 2. The lowest BCUT2D eigenvalue weighted by atomic mass is 10.1. The second-order valence-corrected chi connectivity index (χ2v) is 8.15. The summed E-state index contributed by atoms with van der Waals surface area (Å²) in [5, 5.41) is 10.5.